The summed E-state index contributed by atoms with van der Waals surface area (Å²) in [6, 6.07) is 0. The zero-order valence-corrected chi connectivity index (χ0v) is 37.4. The first-order valence-corrected chi connectivity index (χ1v) is 23.3. The Kier molecular flexibility index (Phi) is 14.2. The van der Waals surface area contributed by atoms with Crippen LogP contribution in [-0.4, -0.2) is 188 Å². The molecule has 362 valence electrons. The molecule has 63 heavy (non-hydrogen) atoms. The van der Waals surface area contributed by atoms with Crippen molar-refractivity contribution in [1.29, 1.82) is 0 Å². The van der Waals surface area contributed by atoms with Crippen LogP contribution in [0.25, 0.3) is 0 Å². The summed E-state index contributed by atoms with van der Waals surface area (Å²) in [5, 5.41) is 105. The first-order valence-electron chi connectivity index (χ1n) is 23.3. The second kappa shape index (κ2) is 18.5. The molecule has 4 aliphatic carbocycles. The van der Waals surface area contributed by atoms with Gasteiger partial charge in [-0.1, -0.05) is 39.3 Å². The highest BCUT2D eigenvalue weighted by Gasteiger charge is 2.69. The zero-order valence-electron chi connectivity index (χ0n) is 37.4. The second-order valence-electron chi connectivity index (χ2n) is 20.8. The van der Waals surface area contributed by atoms with Crippen molar-refractivity contribution in [3.05, 3.63) is 11.6 Å². The molecule has 0 aromatic carbocycles. The average molecular weight is 903 g/mol. The molecule has 4 saturated heterocycles. The molecule has 0 aromatic heterocycles. The lowest BCUT2D eigenvalue weighted by Crippen LogP contribution is -2.63. The molecule has 0 aromatic rings. The smallest absolute Gasteiger partial charge is 0.187 e. The van der Waals surface area contributed by atoms with E-state index in [0.717, 1.165) is 31.3 Å². The number of fused-ring (bicyclic) bond motifs is 7. The quantitative estimate of drug-likeness (QED) is 0.110. The Morgan fingerprint density at radius 3 is 2.25 bits per heavy atom. The van der Waals surface area contributed by atoms with Crippen LogP contribution < -0.4 is 0 Å². The third-order valence-corrected chi connectivity index (χ3v) is 17.4. The van der Waals surface area contributed by atoms with E-state index in [4.69, 9.17) is 37.9 Å². The lowest BCUT2D eigenvalue weighted by Gasteiger charge is -2.60. The van der Waals surface area contributed by atoms with Crippen molar-refractivity contribution in [1.82, 2.24) is 0 Å². The number of ether oxygens (including phenoxy) is 8. The predicted molar refractivity (Wildman–Crippen MR) is 218 cm³/mol. The van der Waals surface area contributed by atoms with E-state index >= 15 is 0 Å². The molecular formula is C45H74O18. The molecule has 10 N–H and O–H groups in total. The van der Waals surface area contributed by atoms with Gasteiger partial charge in [0.15, 0.2) is 24.7 Å². The number of aliphatic hydroxyl groups excluding tert-OH is 10. The van der Waals surface area contributed by atoms with E-state index in [2.05, 4.69) is 26.8 Å². The van der Waals surface area contributed by atoms with Crippen molar-refractivity contribution in [2.45, 2.75) is 196 Å². The highest BCUT2D eigenvalue weighted by Crippen LogP contribution is 2.70. The number of hydrogen-bond donors (Lipinski definition) is 10. The summed E-state index contributed by atoms with van der Waals surface area (Å²) in [7, 11) is 1.71. The number of allylic oxidation sites excluding steroid dienone is 1. The minimum atomic E-state index is -1.65. The van der Waals surface area contributed by atoms with Crippen LogP contribution in [0.1, 0.15) is 86.0 Å². The first-order chi connectivity index (χ1) is 29.8. The molecule has 3 saturated carbocycles. The maximum atomic E-state index is 11.3. The van der Waals surface area contributed by atoms with E-state index in [-0.39, 0.29) is 48.4 Å². The van der Waals surface area contributed by atoms with Gasteiger partial charge >= 0.3 is 0 Å². The molecule has 0 amide bonds. The van der Waals surface area contributed by atoms with E-state index in [9.17, 15) is 51.1 Å². The largest absolute Gasteiger partial charge is 0.394 e. The summed E-state index contributed by atoms with van der Waals surface area (Å²) in [4.78, 5) is 0. The SMILES string of the molecule is CO[C@]1(CC[C@@H](C)CO[C@@H]2O[C@H](CO)[C@@H](O)[C@H](O)[C@H]2O)O[C@H]2C[C@H]3[C@@H]4CC=C5C[C@@H](O)C[C@@H](O[C@@H]6OC[C@H](O)[C@H](O)[C@H]6O[C@@H]6O[C@@H](C)[C@H](O)[C@@H](O)[C@H]6O)[C@]5(C)[C@H]4CC[C@]3(C)[C@H]2[C@@H]1C. The van der Waals surface area contributed by atoms with Crippen LogP contribution in [0.2, 0.25) is 0 Å². The Labute approximate surface area is 369 Å². The van der Waals surface area contributed by atoms with Gasteiger partial charge in [-0.15, -0.1) is 0 Å². The first kappa shape index (κ1) is 48.5. The summed E-state index contributed by atoms with van der Waals surface area (Å²) < 4.78 is 49.3. The van der Waals surface area contributed by atoms with Crippen LogP contribution in [0, 0.1) is 46.3 Å². The standard InChI is InChI=1S/C45H74O18/c1-19(17-57-40-37(54)36(53)34(51)29(16-46)60-40)9-12-45(56-6)20(2)31-28(63-45)15-26-24-8-7-22-13-23(47)14-30(44(22,5)25(24)10-11-43(26,31)4)61-42-39(33(50)27(48)18-58-42)62-41-38(55)35(52)32(49)21(3)59-41/h7,19-21,23-42,46-55H,8-18H2,1-6H3/t19-,20+,21+,23-,24-,25+,26+,27+,28+,29-,30-,31+,32+,33+,34-,35-,36+,37-,38-,39-,40-,41+,42+,43+,44+,45-/m1/s1. The van der Waals surface area contributed by atoms with E-state index in [1.807, 2.05) is 6.92 Å². The predicted octanol–water partition coefficient (Wildman–Crippen LogP) is -0.567. The van der Waals surface area contributed by atoms with E-state index in [1.54, 1.807) is 7.11 Å². The van der Waals surface area contributed by atoms with E-state index in [1.165, 1.54) is 6.92 Å². The minimum absolute atomic E-state index is 0.000427. The molecular weight excluding hydrogens is 828 g/mol. The molecule has 0 bridgehead atoms. The maximum Gasteiger partial charge on any atom is 0.187 e. The van der Waals surface area contributed by atoms with Crippen molar-refractivity contribution in [3.8, 4) is 0 Å². The van der Waals surface area contributed by atoms with Gasteiger partial charge in [-0.05, 0) is 80.5 Å². The number of hydrogen-bond acceptors (Lipinski definition) is 18. The van der Waals surface area contributed by atoms with Crippen LogP contribution in [0.3, 0.4) is 0 Å². The van der Waals surface area contributed by atoms with Gasteiger partial charge in [-0.25, -0.2) is 0 Å². The van der Waals surface area contributed by atoms with Crippen LogP contribution in [0.15, 0.2) is 11.6 Å². The van der Waals surface area contributed by atoms with Gasteiger partial charge < -0.3 is 89.0 Å². The molecule has 4 heterocycles. The topological polar surface area (TPSA) is 276 Å². The molecule has 18 nitrogen and oxygen atoms in total. The molecule has 8 rings (SSSR count). The van der Waals surface area contributed by atoms with Crippen LogP contribution in [-0.2, 0) is 37.9 Å². The molecule has 0 radical (unpaired) electrons. The highest BCUT2D eigenvalue weighted by atomic mass is 16.8. The molecule has 26 atom stereocenters. The van der Waals surface area contributed by atoms with Crippen molar-refractivity contribution in [3.63, 3.8) is 0 Å². The van der Waals surface area contributed by atoms with E-state index in [0.29, 0.717) is 37.5 Å². The van der Waals surface area contributed by atoms with Gasteiger partial charge in [0, 0.05) is 31.3 Å². The summed E-state index contributed by atoms with van der Waals surface area (Å²) in [6.45, 7) is 9.87. The van der Waals surface area contributed by atoms with Crippen LogP contribution in [0.5, 0.6) is 0 Å². The summed E-state index contributed by atoms with van der Waals surface area (Å²) in [5.74, 6) is 0.326. The fourth-order valence-corrected chi connectivity index (χ4v) is 13.6. The van der Waals surface area contributed by atoms with Gasteiger partial charge in [-0.3, -0.25) is 0 Å². The molecule has 0 unspecified atom stereocenters. The third kappa shape index (κ3) is 8.30. The third-order valence-electron chi connectivity index (χ3n) is 17.4. The molecule has 0 spiro atoms. The van der Waals surface area contributed by atoms with Gasteiger partial charge in [0.1, 0.15) is 61.0 Å². The van der Waals surface area contributed by atoms with Gasteiger partial charge in [0.05, 0.1) is 44.2 Å². The lowest BCUT2D eigenvalue weighted by atomic mass is 9.46. The highest BCUT2D eigenvalue weighted by molar-refractivity contribution is 5.29. The summed E-state index contributed by atoms with van der Waals surface area (Å²) in [5.41, 5.74) is 0.576. The van der Waals surface area contributed by atoms with Crippen molar-refractivity contribution < 1.29 is 89.0 Å². The van der Waals surface area contributed by atoms with Crippen molar-refractivity contribution >= 4 is 0 Å². The minimum Gasteiger partial charge on any atom is -0.394 e. The van der Waals surface area contributed by atoms with Crippen LogP contribution >= 0.6 is 0 Å². The number of rotatable bonds is 12. The monoisotopic (exact) mass is 902 g/mol. The van der Waals surface area contributed by atoms with Crippen molar-refractivity contribution in [2.75, 3.05) is 26.9 Å². The van der Waals surface area contributed by atoms with Crippen molar-refractivity contribution in [2.24, 2.45) is 46.3 Å². The zero-order chi connectivity index (χ0) is 45.5. The molecule has 8 aliphatic rings. The van der Waals surface area contributed by atoms with E-state index < -0.39 is 116 Å². The van der Waals surface area contributed by atoms with Gasteiger partial charge in [0.25, 0.3) is 0 Å². The Balaban J connectivity index is 0.947. The molecule has 18 heteroatoms. The fourth-order valence-electron chi connectivity index (χ4n) is 13.6. The second-order valence-corrected chi connectivity index (χ2v) is 20.8. The Morgan fingerprint density at radius 2 is 1.54 bits per heavy atom. The average Bonchev–Trinajstić information content (AvgIpc) is 3.72. The number of aliphatic hydroxyl groups is 10. The Bertz CT molecular complexity index is 1600. The Hall–Kier alpha value is -0.980. The number of methoxy groups -OCH3 is 1. The van der Waals surface area contributed by atoms with Gasteiger partial charge in [0.2, 0.25) is 0 Å². The normalized spacial score (nSPS) is 55.0. The molecule has 4 aliphatic heterocycles. The summed E-state index contributed by atoms with van der Waals surface area (Å²) >= 11 is 0. The fraction of sp³-hybridized carbons (Fsp3) is 0.956. The van der Waals surface area contributed by atoms with Crippen LogP contribution in [0.4, 0.5) is 0 Å². The summed E-state index contributed by atoms with van der Waals surface area (Å²) in [6.07, 6.45) is -12.2. The molecule has 7 fully saturated rings. The lowest BCUT2D eigenvalue weighted by molar-refractivity contribution is -0.362. The van der Waals surface area contributed by atoms with Gasteiger partial charge in [-0.2, -0.15) is 0 Å². The Morgan fingerprint density at radius 1 is 0.825 bits per heavy atom. The maximum absolute atomic E-state index is 11.3.